The predicted molar refractivity (Wildman–Crippen MR) is 78.0 cm³/mol. The Morgan fingerprint density at radius 3 is 1.52 bits per heavy atom. The Morgan fingerprint density at radius 1 is 0.710 bits per heavy atom. The lowest BCUT2D eigenvalue weighted by atomic mass is 9.90. The third kappa shape index (κ3) is 4.51. The van der Waals surface area contributed by atoms with Gasteiger partial charge in [-0.15, -0.1) is 0 Å². The van der Waals surface area contributed by atoms with Crippen LogP contribution in [0.1, 0.15) is 25.0 Å². The van der Waals surface area contributed by atoms with Gasteiger partial charge in [-0.3, -0.25) is 0 Å². The smallest absolute Gasteiger partial charge is 0.460 e. The zero-order chi connectivity index (χ0) is 24.7. The number of ether oxygens (including phenoxy) is 1. The van der Waals surface area contributed by atoms with E-state index in [1.165, 1.54) is 0 Å². The largest absolute Gasteiger partial charge is 0.494 e. The third-order valence-corrected chi connectivity index (χ3v) is 4.02. The molecule has 0 saturated carbocycles. The molecule has 1 aromatic rings. The van der Waals surface area contributed by atoms with Crippen LogP contribution in [0.25, 0.3) is 0 Å². The molecule has 1 aromatic carbocycles. The van der Waals surface area contributed by atoms with E-state index in [-0.39, 0.29) is 12.4 Å². The standard InChI is InChI=1S/C16H13F13O2/c1-2-31-9-5-3-8(4-6-9)10(30)7-11(17,18)12(19,20)13(21,22)14(23,24)15(25,26)16(27,28)29/h3-6,10,30H,2,7H2,1H3. The van der Waals surface area contributed by atoms with Crippen molar-refractivity contribution in [3.05, 3.63) is 29.8 Å². The van der Waals surface area contributed by atoms with Gasteiger partial charge in [0.05, 0.1) is 12.7 Å². The van der Waals surface area contributed by atoms with Gasteiger partial charge in [0.2, 0.25) is 0 Å². The van der Waals surface area contributed by atoms with Crippen molar-refractivity contribution in [3.8, 4) is 5.75 Å². The first-order valence-corrected chi connectivity index (χ1v) is 8.04. The fourth-order valence-electron chi connectivity index (χ4n) is 2.24. The fraction of sp³-hybridized carbons (Fsp3) is 0.625. The molecule has 0 aliphatic heterocycles. The van der Waals surface area contributed by atoms with E-state index in [4.69, 9.17) is 4.74 Å². The minimum absolute atomic E-state index is 0.107. The number of rotatable bonds is 9. The molecule has 0 amide bonds. The van der Waals surface area contributed by atoms with E-state index in [2.05, 4.69) is 0 Å². The Hall–Kier alpha value is -1.93. The Kier molecular flexibility index (Phi) is 7.17. The number of hydrogen-bond donors (Lipinski definition) is 1. The summed E-state index contributed by atoms with van der Waals surface area (Å²) < 4.78 is 175. The van der Waals surface area contributed by atoms with Crippen LogP contribution >= 0.6 is 0 Å². The summed E-state index contributed by atoms with van der Waals surface area (Å²) in [6.07, 6.45) is -12.9. The molecule has 0 aliphatic rings. The summed E-state index contributed by atoms with van der Waals surface area (Å²) in [5.74, 6) is -37.3. The average Bonchev–Trinajstić information content (AvgIpc) is 2.60. The number of benzene rings is 1. The molecule has 1 N–H and O–H groups in total. The highest BCUT2D eigenvalue weighted by molar-refractivity contribution is 5.29. The van der Waals surface area contributed by atoms with Crippen LogP contribution in [0.3, 0.4) is 0 Å². The molecule has 31 heavy (non-hydrogen) atoms. The third-order valence-electron chi connectivity index (χ3n) is 4.02. The summed E-state index contributed by atoms with van der Waals surface area (Å²) in [5, 5.41) is 9.58. The van der Waals surface area contributed by atoms with Gasteiger partial charge in [0.15, 0.2) is 0 Å². The van der Waals surface area contributed by atoms with Gasteiger partial charge in [0, 0.05) is 6.42 Å². The van der Waals surface area contributed by atoms with Gasteiger partial charge in [-0.1, -0.05) is 12.1 Å². The van der Waals surface area contributed by atoms with E-state index in [1.54, 1.807) is 6.92 Å². The van der Waals surface area contributed by atoms with E-state index in [0.717, 1.165) is 24.3 Å². The van der Waals surface area contributed by atoms with E-state index in [0.29, 0.717) is 0 Å². The first-order valence-electron chi connectivity index (χ1n) is 8.04. The molecule has 0 radical (unpaired) electrons. The van der Waals surface area contributed by atoms with Crippen molar-refractivity contribution in [3.63, 3.8) is 0 Å². The Bertz CT molecular complexity index is 741. The van der Waals surface area contributed by atoms with Crippen molar-refractivity contribution in [2.75, 3.05) is 6.61 Å². The molecule has 1 atom stereocenters. The molecule has 1 unspecified atom stereocenters. The summed E-state index contributed by atoms with van der Waals surface area (Å²) in [6.45, 7) is 1.68. The molecule has 0 saturated heterocycles. The summed E-state index contributed by atoms with van der Waals surface area (Å²) in [4.78, 5) is 0. The van der Waals surface area contributed by atoms with Crippen LogP contribution in [0.5, 0.6) is 5.75 Å². The van der Waals surface area contributed by atoms with Crippen LogP contribution in [-0.4, -0.2) is 47.5 Å². The van der Waals surface area contributed by atoms with Crippen LogP contribution in [0.15, 0.2) is 24.3 Å². The van der Waals surface area contributed by atoms with Gasteiger partial charge < -0.3 is 9.84 Å². The molecular formula is C16H13F13O2. The summed E-state index contributed by atoms with van der Waals surface area (Å²) >= 11 is 0. The zero-order valence-electron chi connectivity index (χ0n) is 15.1. The van der Waals surface area contributed by atoms with E-state index in [1.807, 2.05) is 0 Å². The molecule has 2 nitrogen and oxygen atoms in total. The van der Waals surface area contributed by atoms with Crippen molar-refractivity contribution in [1.82, 2.24) is 0 Å². The van der Waals surface area contributed by atoms with Gasteiger partial charge in [0.1, 0.15) is 5.75 Å². The van der Waals surface area contributed by atoms with Gasteiger partial charge in [-0.05, 0) is 24.6 Å². The van der Waals surface area contributed by atoms with E-state index >= 15 is 0 Å². The molecule has 0 heterocycles. The molecule has 1 rings (SSSR count). The van der Waals surface area contributed by atoms with Crippen molar-refractivity contribution < 1.29 is 66.9 Å². The normalized spacial score (nSPS) is 15.7. The highest BCUT2D eigenvalue weighted by atomic mass is 19.4. The molecule has 15 heteroatoms. The van der Waals surface area contributed by atoms with Crippen LogP contribution in [0.4, 0.5) is 57.1 Å². The Balaban J connectivity index is 3.26. The van der Waals surface area contributed by atoms with Crippen LogP contribution in [0.2, 0.25) is 0 Å². The molecule has 0 bridgehead atoms. The van der Waals surface area contributed by atoms with Gasteiger partial charge in [0.25, 0.3) is 0 Å². The molecule has 0 aliphatic carbocycles. The van der Waals surface area contributed by atoms with Gasteiger partial charge >= 0.3 is 35.8 Å². The highest BCUT2D eigenvalue weighted by Gasteiger charge is 2.90. The van der Waals surface area contributed by atoms with Crippen LogP contribution in [-0.2, 0) is 0 Å². The number of aliphatic hydroxyl groups is 1. The number of aliphatic hydroxyl groups excluding tert-OH is 1. The lowest BCUT2D eigenvalue weighted by Gasteiger charge is -2.40. The topological polar surface area (TPSA) is 29.5 Å². The maximum atomic E-state index is 13.8. The molecule has 180 valence electrons. The first kappa shape index (κ1) is 27.1. The second-order valence-electron chi connectivity index (χ2n) is 6.22. The monoisotopic (exact) mass is 484 g/mol. The Labute approximate surface area is 165 Å². The highest BCUT2D eigenvalue weighted by Crippen LogP contribution is 2.61. The van der Waals surface area contributed by atoms with Crippen LogP contribution in [0, 0.1) is 0 Å². The SMILES string of the molecule is CCOc1ccc(C(O)CC(F)(F)C(F)(F)C(F)(F)C(F)(F)C(F)(F)C(F)(F)F)cc1. The van der Waals surface area contributed by atoms with Gasteiger partial charge in [-0.2, -0.15) is 57.1 Å². The quantitative estimate of drug-likeness (QED) is 0.420. The first-order chi connectivity index (χ1) is 13.7. The van der Waals surface area contributed by atoms with Gasteiger partial charge in [-0.25, -0.2) is 0 Å². The lowest BCUT2D eigenvalue weighted by molar-refractivity contribution is -0.440. The van der Waals surface area contributed by atoms with Crippen molar-refractivity contribution in [2.24, 2.45) is 0 Å². The van der Waals surface area contributed by atoms with E-state index < -0.39 is 53.9 Å². The Morgan fingerprint density at radius 2 is 1.13 bits per heavy atom. The number of hydrogen-bond acceptors (Lipinski definition) is 2. The molecule has 0 aromatic heterocycles. The van der Waals surface area contributed by atoms with Crippen LogP contribution < -0.4 is 4.74 Å². The molecule has 0 spiro atoms. The summed E-state index contributed by atoms with van der Waals surface area (Å²) in [7, 11) is 0. The number of halogens is 13. The molecular weight excluding hydrogens is 471 g/mol. The summed E-state index contributed by atoms with van der Waals surface area (Å²) in [6, 6.07) is 3.69. The maximum Gasteiger partial charge on any atom is 0.460 e. The second-order valence-corrected chi connectivity index (χ2v) is 6.22. The zero-order valence-corrected chi connectivity index (χ0v) is 15.1. The van der Waals surface area contributed by atoms with Crippen molar-refractivity contribution in [1.29, 1.82) is 0 Å². The van der Waals surface area contributed by atoms with Crippen molar-refractivity contribution in [2.45, 2.75) is 55.2 Å². The summed E-state index contributed by atoms with van der Waals surface area (Å²) in [5.41, 5.74) is -0.616. The minimum Gasteiger partial charge on any atom is -0.494 e. The average molecular weight is 484 g/mol. The lowest BCUT2D eigenvalue weighted by Crippen LogP contribution is -2.70. The van der Waals surface area contributed by atoms with Crippen molar-refractivity contribution >= 4 is 0 Å². The maximum absolute atomic E-state index is 13.8. The minimum atomic E-state index is -7.96. The van der Waals surface area contributed by atoms with E-state index in [9.17, 15) is 62.2 Å². The predicted octanol–water partition coefficient (Wildman–Crippen LogP) is 6.25. The second kappa shape index (κ2) is 8.20. The number of alkyl halides is 13. The fourth-order valence-corrected chi connectivity index (χ4v) is 2.24. The molecule has 0 fully saturated rings.